The Balaban J connectivity index is 0.00000261. The summed E-state index contributed by atoms with van der Waals surface area (Å²) in [6.45, 7) is 2.98. The van der Waals surface area contributed by atoms with Crippen LogP contribution in [0.4, 0.5) is 0 Å². The van der Waals surface area contributed by atoms with E-state index in [0.717, 1.165) is 12.3 Å². The minimum Gasteiger partial charge on any atom is -0.497 e. The third-order valence-electron chi connectivity index (χ3n) is 4.52. The van der Waals surface area contributed by atoms with E-state index in [-0.39, 0.29) is 18.4 Å². The molecule has 3 aromatic carbocycles. The molecule has 0 bridgehead atoms. The van der Waals surface area contributed by atoms with Gasteiger partial charge in [0.2, 0.25) is 0 Å². The molecule has 0 saturated heterocycles. The van der Waals surface area contributed by atoms with Crippen LogP contribution in [0.15, 0.2) is 91.0 Å². The maximum atomic E-state index is 5.23. The molecule has 0 aliphatic carbocycles. The molecule has 3 heteroatoms. The molecule has 2 nitrogen and oxygen atoms in total. The van der Waals surface area contributed by atoms with Gasteiger partial charge in [0.15, 0.2) is 0 Å². The van der Waals surface area contributed by atoms with Crippen molar-refractivity contribution in [3.63, 3.8) is 0 Å². The molecule has 0 amide bonds. The number of ether oxygens (including phenoxy) is 1. The molecular formula is C24H26ClNO. The highest BCUT2D eigenvalue weighted by molar-refractivity contribution is 5.85. The van der Waals surface area contributed by atoms with Crippen molar-refractivity contribution in [2.24, 2.45) is 0 Å². The Morgan fingerprint density at radius 1 is 0.852 bits per heavy atom. The van der Waals surface area contributed by atoms with E-state index in [4.69, 9.17) is 4.74 Å². The molecule has 0 fully saturated rings. The van der Waals surface area contributed by atoms with Crippen LogP contribution in [0.25, 0.3) is 5.57 Å². The minimum absolute atomic E-state index is 0. The number of halogens is 1. The Kier molecular flexibility index (Phi) is 8.12. The molecule has 0 aromatic heterocycles. The van der Waals surface area contributed by atoms with Crippen molar-refractivity contribution in [2.75, 3.05) is 13.7 Å². The molecule has 0 saturated carbocycles. The Morgan fingerprint density at radius 2 is 1.37 bits per heavy atom. The van der Waals surface area contributed by atoms with Crippen molar-refractivity contribution in [1.82, 2.24) is 5.32 Å². The van der Waals surface area contributed by atoms with Crippen LogP contribution in [0.2, 0.25) is 0 Å². The Bertz CT molecular complexity index is 788. The highest BCUT2D eigenvalue weighted by Crippen LogP contribution is 2.23. The van der Waals surface area contributed by atoms with Gasteiger partial charge in [-0.05, 0) is 41.3 Å². The molecule has 0 spiro atoms. The van der Waals surface area contributed by atoms with Gasteiger partial charge in [0.1, 0.15) is 5.75 Å². The first kappa shape index (κ1) is 20.8. The summed E-state index contributed by atoms with van der Waals surface area (Å²) in [6.07, 6.45) is 2.27. The van der Waals surface area contributed by atoms with E-state index in [2.05, 4.69) is 91.1 Å². The lowest BCUT2D eigenvalue weighted by Gasteiger charge is -2.15. The molecule has 27 heavy (non-hydrogen) atoms. The van der Waals surface area contributed by atoms with E-state index in [1.165, 1.54) is 22.3 Å². The number of hydrogen-bond donors (Lipinski definition) is 1. The predicted molar refractivity (Wildman–Crippen MR) is 117 cm³/mol. The summed E-state index contributed by atoms with van der Waals surface area (Å²) >= 11 is 0. The van der Waals surface area contributed by atoms with Crippen LogP contribution in [0, 0.1) is 0 Å². The third kappa shape index (κ3) is 5.72. The lowest BCUT2D eigenvalue weighted by atomic mass is 9.97. The molecule has 140 valence electrons. The summed E-state index contributed by atoms with van der Waals surface area (Å²) in [4.78, 5) is 0. The van der Waals surface area contributed by atoms with Gasteiger partial charge < -0.3 is 10.1 Å². The first-order valence-electron chi connectivity index (χ1n) is 8.96. The lowest BCUT2D eigenvalue weighted by molar-refractivity contribution is 0.414. The predicted octanol–water partition coefficient (Wildman–Crippen LogP) is 5.90. The smallest absolute Gasteiger partial charge is 0.118 e. The van der Waals surface area contributed by atoms with E-state index in [1.54, 1.807) is 7.11 Å². The second kappa shape index (κ2) is 10.6. The van der Waals surface area contributed by atoms with Gasteiger partial charge in [0.05, 0.1) is 7.11 Å². The molecule has 1 N–H and O–H groups in total. The maximum Gasteiger partial charge on any atom is 0.118 e. The standard InChI is InChI=1S/C24H25NO.ClH/c1-19(20-13-15-23(26-2)16-14-20)25-18-17-24(21-9-5-3-6-10-21)22-11-7-4-8-12-22;/h3-17,19,25H,18H2,1-2H3;1H/t19-;/m1./s1. The van der Waals surface area contributed by atoms with E-state index in [1.807, 2.05) is 12.1 Å². The van der Waals surface area contributed by atoms with E-state index in [9.17, 15) is 0 Å². The second-order valence-electron chi connectivity index (χ2n) is 6.25. The number of hydrogen-bond acceptors (Lipinski definition) is 2. The zero-order chi connectivity index (χ0) is 18.2. The lowest BCUT2D eigenvalue weighted by Crippen LogP contribution is -2.18. The zero-order valence-corrected chi connectivity index (χ0v) is 16.6. The summed E-state index contributed by atoms with van der Waals surface area (Å²) in [5.74, 6) is 0.885. The van der Waals surface area contributed by atoms with E-state index >= 15 is 0 Å². The van der Waals surface area contributed by atoms with Crippen LogP contribution in [0.5, 0.6) is 5.75 Å². The van der Waals surface area contributed by atoms with Gasteiger partial charge in [-0.1, -0.05) is 78.9 Å². The summed E-state index contributed by atoms with van der Waals surface area (Å²) in [7, 11) is 1.69. The van der Waals surface area contributed by atoms with Crippen molar-refractivity contribution in [3.8, 4) is 5.75 Å². The summed E-state index contributed by atoms with van der Waals surface area (Å²) in [5.41, 5.74) is 4.97. The molecule has 0 aliphatic rings. The van der Waals surface area contributed by atoms with Crippen LogP contribution in [-0.2, 0) is 0 Å². The van der Waals surface area contributed by atoms with Crippen molar-refractivity contribution in [2.45, 2.75) is 13.0 Å². The van der Waals surface area contributed by atoms with Crippen molar-refractivity contribution < 1.29 is 4.74 Å². The molecule has 1 atom stereocenters. The average molecular weight is 380 g/mol. The number of benzene rings is 3. The fourth-order valence-electron chi connectivity index (χ4n) is 2.99. The van der Waals surface area contributed by atoms with Crippen LogP contribution in [0.3, 0.4) is 0 Å². The van der Waals surface area contributed by atoms with Crippen molar-refractivity contribution in [1.29, 1.82) is 0 Å². The normalized spacial score (nSPS) is 11.2. The monoisotopic (exact) mass is 379 g/mol. The Hall–Kier alpha value is -2.55. The van der Waals surface area contributed by atoms with Gasteiger partial charge in [-0.3, -0.25) is 0 Å². The van der Waals surface area contributed by atoms with Crippen molar-refractivity contribution in [3.05, 3.63) is 108 Å². The van der Waals surface area contributed by atoms with Gasteiger partial charge in [-0.25, -0.2) is 0 Å². The summed E-state index contributed by atoms with van der Waals surface area (Å²) in [6, 6.07) is 29.6. The highest BCUT2D eigenvalue weighted by atomic mass is 35.5. The minimum atomic E-state index is 0. The average Bonchev–Trinajstić information content (AvgIpc) is 2.72. The van der Waals surface area contributed by atoms with Gasteiger partial charge in [-0.2, -0.15) is 0 Å². The van der Waals surface area contributed by atoms with Crippen LogP contribution < -0.4 is 10.1 Å². The molecule has 0 aliphatic heterocycles. The SMILES string of the molecule is COc1ccc([C@@H](C)NCC=C(c2ccccc2)c2ccccc2)cc1.Cl. The fourth-order valence-corrected chi connectivity index (χ4v) is 2.99. The maximum absolute atomic E-state index is 5.23. The molecule has 3 aromatic rings. The molecule has 0 unspecified atom stereocenters. The third-order valence-corrected chi connectivity index (χ3v) is 4.52. The van der Waals surface area contributed by atoms with Crippen LogP contribution in [-0.4, -0.2) is 13.7 Å². The molecule has 0 heterocycles. The fraction of sp³-hybridized carbons (Fsp3) is 0.167. The van der Waals surface area contributed by atoms with E-state index in [0.29, 0.717) is 0 Å². The van der Waals surface area contributed by atoms with Crippen molar-refractivity contribution >= 4 is 18.0 Å². The number of rotatable bonds is 7. The number of nitrogens with one attached hydrogen (secondary N) is 1. The Labute approximate surface area is 168 Å². The second-order valence-corrected chi connectivity index (χ2v) is 6.25. The summed E-state index contributed by atoms with van der Waals surface area (Å²) < 4.78 is 5.23. The van der Waals surface area contributed by atoms with Gasteiger partial charge in [0, 0.05) is 12.6 Å². The van der Waals surface area contributed by atoms with Crippen LogP contribution in [0.1, 0.15) is 29.7 Å². The molecule has 0 radical (unpaired) electrons. The highest BCUT2D eigenvalue weighted by Gasteiger charge is 2.06. The zero-order valence-electron chi connectivity index (χ0n) is 15.8. The first-order chi connectivity index (χ1) is 12.8. The van der Waals surface area contributed by atoms with E-state index < -0.39 is 0 Å². The van der Waals surface area contributed by atoms with Gasteiger partial charge in [0.25, 0.3) is 0 Å². The van der Waals surface area contributed by atoms with Gasteiger partial charge >= 0.3 is 0 Å². The number of methoxy groups -OCH3 is 1. The largest absolute Gasteiger partial charge is 0.497 e. The summed E-state index contributed by atoms with van der Waals surface area (Å²) in [5, 5.41) is 3.59. The molecule has 3 rings (SSSR count). The molecular weight excluding hydrogens is 354 g/mol. The van der Waals surface area contributed by atoms with Gasteiger partial charge in [-0.15, -0.1) is 12.4 Å². The quantitative estimate of drug-likeness (QED) is 0.551. The van der Waals surface area contributed by atoms with Crippen LogP contribution >= 0.6 is 12.4 Å². The Morgan fingerprint density at radius 3 is 1.85 bits per heavy atom. The first-order valence-corrected chi connectivity index (χ1v) is 8.96. The topological polar surface area (TPSA) is 21.3 Å².